The van der Waals surface area contributed by atoms with Gasteiger partial charge < -0.3 is 9.47 Å². The van der Waals surface area contributed by atoms with Crippen LogP contribution in [0.3, 0.4) is 0 Å². The Labute approximate surface area is 203 Å². The highest BCUT2D eigenvalue weighted by Gasteiger charge is 2.24. The summed E-state index contributed by atoms with van der Waals surface area (Å²) in [5.41, 5.74) is 1.63. The zero-order valence-electron chi connectivity index (χ0n) is 19.3. The summed E-state index contributed by atoms with van der Waals surface area (Å²) in [4.78, 5) is 23.9. The molecule has 0 radical (unpaired) electrons. The average Bonchev–Trinajstić information content (AvgIpc) is 3.26. The summed E-state index contributed by atoms with van der Waals surface area (Å²) in [5, 5.41) is 0.738. The van der Waals surface area contributed by atoms with E-state index in [1.54, 1.807) is 23.1 Å². The van der Waals surface area contributed by atoms with Crippen molar-refractivity contribution in [1.29, 1.82) is 0 Å². The molecule has 0 atom stereocenters. The van der Waals surface area contributed by atoms with Gasteiger partial charge in [0.15, 0.2) is 5.13 Å². The first-order valence-corrected chi connectivity index (χ1v) is 13.4. The molecular formula is C25H31N3O3S2. The molecule has 1 saturated heterocycles. The van der Waals surface area contributed by atoms with Gasteiger partial charge in [0.05, 0.1) is 35.6 Å². The molecular weight excluding hydrogens is 454 g/mol. The lowest BCUT2D eigenvalue weighted by Crippen LogP contribution is -2.39. The fourth-order valence-corrected chi connectivity index (χ4v) is 5.71. The van der Waals surface area contributed by atoms with E-state index < -0.39 is 0 Å². The molecule has 0 saturated carbocycles. The number of ether oxygens (including phenoxy) is 2. The number of benzene rings is 2. The minimum Gasteiger partial charge on any atom is -0.494 e. The van der Waals surface area contributed by atoms with Gasteiger partial charge in [-0.2, -0.15) is 0 Å². The molecule has 33 heavy (non-hydrogen) atoms. The summed E-state index contributed by atoms with van der Waals surface area (Å²) in [7, 11) is 0. The van der Waals surface area contributed by atoms with E-state index in [1.165, 1.54) is 0 Å². The maximum atomic E-state index is 13.8. The largest absolute Gasteiger partial charge is 0.494 e. The number of thiazole rings is 1. The number of morpholine rings is 1. The molecule has 1 aliphatic heterocycles. The molecule has 8 heteroatoms. The number of fused-ring (bicyclic) bond motifs is 1. The van der Waals surface area contributed by atoms with E-state index in [0.29, 0.717) is 13.2 Å². The third-order valence-corrected chi connectivity index (χ3v) is 7.51. The predicted molar refractivity (Wildman–Crippen MR) is 137 cm³/mol. The number of rotatable bonds is 10. The van der Waals surface area contributed by atoms with Gasteiger partial charge >= 0.3 is 0 Å². The van der Waals surface area contributed by atoms with E-state index in [0.717, 1.165) is 76.6 Å². The number of nitrogens with zero attached hydrogens (tertiary/aromatic N) is 3. The van der Waals surface area contributed by atoms with Crippen LogP contribution < -0.4 is 9.64 Å². The summed E-state index contributed by atoms with van der Waals surface area (Å²) >= 11 is 3.25. The first-order chi connectivity index (χ1) is 16.2. The second kappa shape index (κ2) is 11.8. The summed E-state index contributed by atoms with van der Waals surface area (Å²) in [6.45, 7) is 9.73. The molecule has 2 heterocycles. The van der Waals surface area contributed by atoms with E-state index in [9.17, 15) is 4.79 Å². The molecule has 1 aliphatic rings. The number of anilines is 1. The van der Waals surface area contributed by atoms with Crippen molar-refractivity contribution in [3.63, 3.8) is 0 Å². The predicted octanol–water partition coefficient (Wildman–Crippen LogP) is 5.18. The third-order valence-electron chi connectivity index (χ3n) is 5.51. The van der Waals surface area contributed by atoms with Gasteiger partial charge in [-0.3, -0.25) is 14.6 Å². The van der Waals surface area contributed by atoms with Gasteiger partial charge in [0.1, 0.15) is 5.75 Å². The molecule has 176 valence electrons. The van der Waals surface area contributed by atoms with Crippen LogP contribution in [0.1, 0.15) is 30.6 Å². The fourth-order valence-electron chi connectivity index (χ4n) is 3.90. The number of thioether (sulfide) groups is 1. The molecule has 3 aromatic rings. The van der Waals surface area contributed by atoms with Crippen LogP contribution in [0, 0.1) is 0 Å². The van der Waals surface area contributed by atoms with Gasteiger partial charge in [0.25, 0.3) is 5.91 Å². The zero-order valence-corrected chi connectivity index (χ0v) is 20.9. The van der Waals surface area contributed by atoms with Crippen LogP contribution in [0.2, 0.25) is 0 Å². The molecule has 0 bridgehead atoms. The molecule has 0 N–H and O–H groups in total. The van der Waals surface area contributed by atoms with Crippen LogP contribution >= 0.6 is 23.1 Å². The number of hydrogen-bond acceptors (Lipinski definition) is 7. The number of carbonyl (C=O) groups excluding carboxylic acids is 1. The van der Waals surface area contributed by atoms with Crippen LogP contribution in [-0.4, -0.2) is 67.5 Å². The molecule has 0 aliphatic carbocycles. The van der Waals surface area contributed by atoms with Crippen molar-refractivity contribution in [3.05, 3.63) is 48.0 Å². The second-order valence-corrected chi connectivity index (χ2v) is 10.1. The lowest BCUT2D eigenvalue weighted by molar-refractivity contribution is 0.0376. The third kappa shape index (κ3) is 6.06. The minimum absolute atomic E-state index is 0.0117. The number of amides is 1. The van der Waals surface area contributed by atoms with Gasteiger partial charge in [-0.15, -0.1) is 11.8 Å². The Kier molecular flexibility index (Phi) is 8.61. The summed E-state index contributed by atoms with van der Waals surface area (Å²) < 4.78 is 12.1. The Morgan fingerprint density at radius 3 is 2.82 bits per heavy atom. The Balaban J connectivity index is 1.60. The van der Waals surface area contributed by atoms with Crippen molar-refractivity contribution < 1.29 is 14.3 Å². The van der Waals surface area contributed by atoms with Gasteiger partial charge in [0, 0.05) is 31.1 Å². The molecule has 0 spiro atoms. The van der Waals surface area contributed by atoms with Crippen LogP contribution in [0.15, 0.2) is 47.4 Å². The average molecular weight is 486 g/mol. The smallest absolute Gasteiger partial charge is 0.261 e. The first-order valence-electron chi connectivity index (χ1n) is 11.6. The standard InChI is InChI=1S/C25H31N3O3S2/c1-3-31-19-10-11-21-23(18-19)33-25(26-21)28(13-7-12-27-14-16-30-17-15-27)24(29)20-8-5-6-9-22(20)32-4-2/h5-6,8-11,18H,3-4,7,12-17H2,1-2H3. The van der Waals surface area contributed by atoms with Gasteiger partial charge in [0.2, 0.25) is 0 Å². The van der Waals surface area contributed by atoms with E-state index in [-0.39, 0.29) is 5.91 Å². The monoisotopic (exact) mass is 485 g/mol. The maximum absolute atomic E-state index is 13.8. The normalized spacial score (nSPS) is 14.5. The van der Waals surface area contributed by atoms with Gasteiger partial charge in [-0.25, -0.2) is 4.98 Å². The van der Waals surface area contributed by atoms with E-state index in [2.05, 4.69) is 11.8 Å². The number of aromatic nitrogens is 1. The molecule has 0 unspecified atom stereocenters. The van der Waals surface area contributed by atoms with Crippen molar-refractivity contribution in [1.82, 2.24) is 9.88 Å². The quantitative estimate of drug-likeness (QED) is 0.369. The van der Waals surface area contributed by atoms with E-state index in [1.807, 2.05) is 54.3 Å². The fraction of sp³-hybridized carbons (Fsp3) is 0.440. The Bertz CT molecular complexity index is 1070. The molecule has 1 amide bonds. The molecule has 4 rings (SSSR count). The van der Waals surface area contributed by atoms with Crippen molar-refractivity contribution >= 4 is 44.4 Å². The lowest BCUT2D eigenvalue weighted by Gasteiger charge is -2.28. The number of hydrogen-bond donors (Lipinski definition) is 0. The number of carbonyl (C=O) groups is 1. The van der Waals surface area contributed by atoms with Crippen LogP contribution in [0.5, 0.6) is 5.75 Å². The van der Waals surface area contributed by atoms with Crippen LogP contribution in [-0.2, 0) is 4.74 Å². The Morgan fingerprint density at radius 1 is 1.21 bits per heavy atom. The van der Waals surface area contributed by atoms with Gasteiger partial charge in [-0.05, 0) is 49.4 Å². The summed E-state index contributed by atoms with van der Waals surface area (Å²) in [5.74, 6) is 1.76. The van der Waals surface area contributed by atoms with Crippen LogP contribution in [0.4, 0.5) is 5.13 Å². The lowest BCUT2D eigenvalue weighted by atomic mass is 10.2. The van der Waals surface area contributed by atoms with E-state index in [4.69, 9.17) is 14.5 Å². The Hall–Kier alpha value is -2.13. The van der Waals surface area contributed by atoms with Crippen molar-refractivity contribution in [2.24, 2.45) is 0 Å². The highest BCUT2D eigenvalue weighted by Crippen LogP contribution is 2.33. The first kappa shape index (κ1) is 24.0. The molecule has 1 fully saturated rings. The second-order valence-electron chi connectivity index (χ2n) is 7.75. The van der Waals surface area contributed by atoms with Crippen molar-refractivity contribution in [2.75, 3.05) is 56.7 Å². The minimum atomic E-state index is 0.0117. The van der Waals surface area contributed by atoms with Crippen molar-refractivity contribution in [3.8, 4) is 5.75 Å². The molecule has 2 aromatic carbocycles. The Morgan fingerprint density at radius 2 is 2.03 bits per heavy atom. The van der Waals surface area contributed by atoms with Gasteiger partial charge in [-0.1, -0.05) is 30.4 Å². The van der Waals surface area contributed by atoms with Crippen LogP contribution in [0.25, 0.3) is 10.2 Å². The molecule has 6 nitrogen and oxygen atoms in total. The highest BCUT2D eigenvalue weighted by atomic mass is 32.2. The SMILES string of the molecule is CCOc1ccc2nc(N(CCCN3CCOCC3)C(=O)c3ccccc3SCC)sc2c1. The molecule has 1 aromatic heterocycles. The summed E-state index contributed by atoms with van der Waals surface area (Å²) in [6, 6.07) is 13.8. The zero-order chi connectivity index (χ0) is 23.0. The van der Waals surface area contributed by atoms with E-state index >= 15 is 0 Å². The van der Waals surface area contributed by atoms with Crippen molar-refractivity contribution in [2.45, 2.75) is 25.2 Å². The topological polar surface area (TPSA) is 54.9 Å². The maximum Gasteiger partial charge on any atom is 0.261 e. The summed E-state index contributed by atoms with van der Waals surface area (Å²) in [6.07, 6.45) is 0.884. The highest BCUT2D eigenvalue weighted by molar-refractivity contribution is 7.99.